The molecule has 0 saturated carbocycles. The van der Waals surface area contributed by atoms with E-state index in [1.807, 2.05) is 0 Å². The molecule has 0 bridgehead atoms. The van der Waals surface area contributed by atoms with Crippen molar-refractivity contribution < 1.29 is 13.9 Å². The predicted octanol–water partition coefficient (Wildman–Crippen LogP) is 4.19. The van der Waals surface area contributed by atoms with E-state index in [9.17, 15) is 13.9 Å². The van der Waals surface area contributed by atoms with Crippen molar-refractivity contribution in [1.82, 2.24) is 4.98 Å². The maximum atomic E-state index is 14.0. The van der Waals surface area contributed by atoms with E-state index in [-0.39, 0.29) is 6.61 Å². The highest BCUT2D eigenvalue weighted by molar-refractivity contribution is 5.77. The average molecular weight is 297 g/mol. The first-order valence-electron chi connectivity index (χ1n) is 6.80. The van der Waals surface area contributed by atoms with Crippen molar-refractivity contribution in [2.24, 2.45) is 0 Å². The first kappa shape index (κ1) is 14.4. The van der Waals surface area contributed by atoms with Crippen LogP contribution in [0.2, 0.25) is 0 Å². The van der Waals surface area contributed by atoms with Crippen molar-refractivity contribution in [3.8, 4) is 22.3 Å². The van der Waals surface area contributed by atoms with Gasteiger partial charge >= 0.3 is 0 Å². The Morgan fingerprint density at radius 1 is 0.727 bits per heavy atom. The van der Waals surface area contributed by atoms with Crippen LogP contribution in [0.4, 0.5) is 8.78 Å². The van der Waals surface area contributed by atoms with E-state index in [1.54, 1.807) is 36.4 Å². The van der Waals surface area contributed by atoms with E-state index < -0.39 is 11.6 Å². The second kappa shape index (κ2) is 6.03. The van der Waals surface area contributed by atoms with Gasteiger partial charge in [0.15, 0.2) is 0 Å². The quantitative estimate of drug-likeness (QED) is 0.786. The molecule has 1 N–H and O–H groups in total. The molecule has 0 amide bonds. The van der Waals surface area contributed by atoms with Crippen LogP contribution < -0.4 is 0 Å². The molecule has 0 radical (unpaired) electrons. The summed E-state index contributed by atoms with van der Waals surface area (Å²) in [6.45, 7) is -0.337. The summed E-state index contributed by atoms with van der Waals surface area (Å²) in [5.74, 6) is -0.825. The number of aliphatic hydroxyl groups excluding tert-OH is 1. The van der Waals surface area contributed by atoms with Gasteiger partial charge in [-0.15, -0.1) is 0 Å². The van der Waals surface area contributed by atoms with E-state index in [0.717, 1.165) is 0 Å². The highest BCUT2D eigenvalue weighted by Gasteiger charge is 2.16. The van der Waals surface area contributed by atoms with E-state index in [2.05, 4.69) is 4.98 Å². The Hall–Kier alpha value is -2.59. The van der Waals surface area contributed by atoms with Crippen molar-refractivity contribution in [2.75, 3.05) is 0 Å². The zero-order chi connectivity index (χ0) is 15.5. The molecule has 3 aromatic rings. The molecule has 0 unspecified atom stereocenters. The Bertz CT molecular complexity index is 754. The van der Waals surface area contributed by atoms with Crippen molar-refractivity contribution >= 4 is 0 Å². The van der Waals surface area contributed by atoms with Gasteiger partial charge in [-0.25, -0.2) is 8.78 Å². The summed E-state index contributed by atoms with van der Waals surface area (Å²) < 4.78 is 28.0. The fraction of sp³-hybridized carbons (Fsp3) is 0.0556. The van der Waals surface area contributed by atoms with Gasteiger partial charge in [0.1, 0.15) is 11.6 Å². The summed E-state index contributed by atoms with van der Waals surface area (Å²) >= 11 is 0. The van der Waals surface area contributed by atoms with Gasteiger partial charge < -0.3 is 5.11 Å². The zero-order valence-corrected chi connectivity index (χ0v) is 11.6. The highest BCUT2D eigenvalue weighted by atomic mass is 19.1. The van der Waals surface area contributed by atoms with Crippen LogP contribution in [0.1, 0.15) is 5.56 Å². The first-order chi connectivity index (χ1) is 10.7. The van der Waals surface area contributed by atoms with Crippen LogP contribution >= 0.6 is 0 Å². The molecule has 0 fully saturated rings. The fourth-order valence-electron chi connectivity index (χ4n) is 2.48. The molecule has 1 heterocycles. The summed E-state index contributed by atoms with van der Waals surface area (Å²) in [4.78, 5) is 4.08. The smallest absolute Gasteiger partial charge is 0.131 e. The largest absolute Gasteiger partial charge is 0.392 e. The number of halogens is 2. The molecule has 0 aliphatic heterocycles. The molecule has 4 heteroatoms. The van der Waals surface area contributed by atoms with Gasteiger partial charge in [0, 0.05) is 34.6 Å². The third kappa shape index (κ3) is 2.49. The van der Waals surface area contributed by atoms with Crippen molar-refractivity contribution in [2.45, 2.75) is 6.61 Å². The minimum atomic E-state index is -0.412. The van der Waals surface area contributed by atoms with Gasteiger partial charge in [-0.3, -0.25) is 4.98 Å². The molecule has 3 rings (SSSR count). The van der Waals surface area contributed by atoms with Crippen LogP contribution in [0.15, 0.2) is 60.9 Å². The number of aliphatic hydroxyl groups is 1. The summed E-state index contributed by atoms with van der Waals surface area (Å²) in [5, 5.41) is 9.73. The Morgan fingerprint density at radius 3 is 1.59 bits per heavy atom. The lowest BCUT2D eigenvalue weighted by Crippen LogP contribution is -1.98. The van der Waals surface area contributed by atoms with E-state index in [1.165, 1.54) is 24.5 Å². The number of hydrogen-bond donors (Lipinski definition) is 1. The Morgan fingerprint density at radius 2 is 1.18 bits per heavy atom. The number of nitrogens with zero attached hydrogens (tertiary/aromatic N) is 1. The molecule has 22 heavy (non-hydrogen) atoms. The van der Waals surface area contributed by atoms with E-state index >= 15 is 0 Å². The second-order valence-electron chi connectivity index (χ2n) is 4.83. The Kier molecular flexibility index (Phi) is 3.94. The lowest BCUT2D eigenvalue weighted by Gasteiger charge is -2.14. The van der Waals surface area contributed by atoms with E-state index in [4.69, 9.17) is 0 Å². The third-order valence-corrected chi connectivity index (χ3v) is 3.54. The molecule has 110 valence electrons. The molecule has 0 aliphatic rings. The van der Waals surface area contributed by atoms with Crippen LogP contribution in [0, 0.1) is 11.6 Å². The number of aromatic nitrogens is 1. The number of benzene rings is 2. The maximum absolute atomic E-state index is 14.0. The molecule has 0 spiro atoms. The molecular weight excluding hydrogens is 284 g/mol. The number of hydrogen-bond acceptors (Lipinski definition) is 2. The predicted molar refractivity (Wildman–Crippen MR) is 80.9 cm³/mol. The SMILES string of the molecule is OCc1c(-c2ccccc2F)cncc1-c1ccccc1F. The monoisotopic (exact) mass is 297 g/mol. The summed E-state index contributed by atoms with van der Waals surface area (Å²) in [7, 11) is 0. The summed E-state index contributed by atoms with van der Waals surface area (Å²) in [6.07, 6.45) is 2.96. The molecule has 2 nitrogen and oxygen atoms in total. The van der Waals surface area contributed by atoms with Gasteiger partial charge in [-0.05, 0) is 17.7 Å². The minimum Gasteiger partial charge on any atom is -0.392 e. The normalized spacial score (nSPS) is 10.7. The van der Waals surface area contributed by atoms with Gasteiger partial charge in [-0.2, -0.15) is 0 Å². The standard InChI is InChI=1S/C18H13F2NO/c19-17-7-3-1-5-12(17)14-9-21-10-15(16(14)11-22)13-6-2-4-8-18(13)20/h1-10,22H,11H2. The molecule has 2 aromatic carbocycles. The van der Waals surface area contributed by atoms with Gasteiger partial charge in [0.05, 0.1) is 6.61 Å². The lowest BCUT2D eigenvalue weighted by atomic mass is 9.94. The average Bonchev–Trinajstić information content (AvgIpc) is 2.55. The third-order valence-electron chi connectivity index (χ3n) is 3.54. The number of rotatable bonds is 3. The molecule has 0 aliphatic carbocycles. The highest BCUT2D eigenvalue weighted by Crippen LogP contribution is 2.33. The molecule has 0 atom stereocenters. The maximum Gasteiger partial charge on any atom is 0.131 e. The molecular formula is C18H13F2NO. The van der Waals surface area contributed by atoms with Crippen LogP contribution in [-0.4, -0.2) is 10.1 Å². The van der Waals surface area contributed by atoms with Crippen LogP contribution in [0.3, 0.4) is 0 Å². The second-order valence-corrected chi connectivity index (χ2v) is 4.83. The zero-order valence-electron chi connectivity index (χ0n) is 11.6. The van der Waals surface area contributed by atoms with Crippen molar-refractivity contribution in [1.29, 1.82) is 0 Å². The van der Waals surface area contributed by atoms with E-state index in [0.29, 0.717) is 27.8 Å². The minimum absolute atomic E-state index is 0.331. The summed E-state index contributed by atoms with van der Waals surface area (Å²) in [5.41, 5.74) is 2.03. The van der Waals surface area contributed by atoms with Crippen LogP contribution in [0.25, 0.3) is 22.3 Å². The fourth-order valence-corrected chi connectivity index (χ4v) is 2.48. The molecule has 1 aromatic heterocycles. The summed E-state index contributed by atoms with van der Waals surface area (Å²) in [6, 6.07) is 12.5. The van der Waals surface area contributed by atoms with Gasteiger partial charge in [0.25, 0.3) is 0 Å². The van der Waals surface area contributed by atoms with Crippen molar-refractivity contribution in [3.63, 3.8) is 0 Å². The molecule has 0 saturated heterocycles. The van der Waals surface area contributed by atoms with Gasteiger partial charge in [0.2, 0.25) is 0 Å². The van der Waals surface area contributed by atoms with Crippen LogP contribution in [-0.2, 0) is 6.61 Å². The number of pyridine rings is 1. The van der Waals surface area contributed by atoms with Crippen LogP contribution in [0.5, 0.6) is 0 Å². The Balaban J connectivity index is 2.25. The first-order valence-corrected chi connectivity index (χ1v) is 6.80. The van der Waals surface area contributed by atoms with Gasteiger partial charge in [-0.1, -0.05) is 36.4 Å². The Labute approximate surface area is 126 Å². The van der Waals surface area contributed by atoms with Crippen molar-refractivity contribution in [3.05, 3.63) is 78.1 Å². The topological polar surface area (TPSA) is 33.1 Å². The lowest BCUT2D eigenvalue weighted by molar-refractivity contribution is 0.282.